The zero-order chi connectivity index (χ0) is 17.6. The third kappa shape index (κ3) is 4.69. The Morgan fingerprint density at radius 1 is 0.920 bits per heavy atom. The lowest BCUT2D eigenvalue weighted by Gasteiger charge is -2.21. The molecule has 1 aliphatic rings. The third-order valence-electron chi connectivity index (χ3n) is 5.30. The van der Waals surface area contributed by atoms with Gasteiger partial charge >= 0.3 is 0 Å². The predicted octanol–water partition coefficient (Wildman–Crippen LogP) is 6.75. The average Bonchev–Trinajstić information content (AvgIpc) is 2.67. The Hall–Kier alpha value is -2.15. The van der Waals surface area contributed by atoms with Crippen molar-refractivity contribution >= 4 is 11.9 Å². The summed E-state index contributed by atoms with van der Waals surface area (Å²) in [6.07, 6.45) is 10.2. The molecule has 2 aromatic rings. The topological polar surface area (TPSA) is 17.1 Å². The predicted molar refractivity (Wildman–Crippen MR) is 106 cm³/mol. The SMILES string of the molecule is CC(C)c1ccc(/C=C/C(=O)c2ccc(C3CCCCC3)cc2)cc1. The van der Waals surface area contributed by atoms with E-state index < -0.39 is 0 Å². The van der Waals surface area contributed by atoms with E-state index in [0.29, 0.717) is 11.8 Å². The monoisotopic (exact) mass is 332 g/mol. The standard InChI is InChI=1S/C24H28O/c1-18(2)20-11-8-19(9-12-20)10-17-24(25)23-15-13-22(14-16-23)21-6-4-3-5-7-21/h8-18,21H,3-7H2,1-2H3/b17-10+. The van der Waals surface area contributed by atoms with Gasteiger partial charge in [-0.25, -0.2) is 0 Å². The van der Waals surface area contributed by atoms with Gasteiger partial charge in [-0.05, 0) is 47.4 Å². The molecule has 2 aromatic carbocycles. The van der Waals surface area contributed by atoms with Crippen LogP contribution in [0, 0.1) is 0 Å². The van der Waals surface area contributed by atoms with Crippen molar-refractivity contribution in [1.29, 1.82) is 0 Å². The van der Waals surface area contributed by atoms with Crippen LogP contribution in [-0.2, 0) is 0 Å². The molecule has 1 heteroatoms. The van der Waals surface area contributed by atoms with Crippen molar-refractivity contribution in [2.24, 2.45) is 0 Å². The van der Waals surface area contributed by atoms with Crippen LogP contribution in [0.25, 0.3) is 6.08 Å². The van der Waals surface area contributed by atoms with Gasteiger partial charge in [-0.2, -0.15) is 0 Å². The van der Waals surface area contributed by atoms with E-state index in [2.05, 4.69) is 50.2 Å². The highest BCUT2D eigenvalue weighted by atomic mass is 16.1. The molecule has 0 aliphatic heterocycles. The lowest BCUT2D eigenvalue weighted by molar-refractivity contribution is 0.104. The molecule has 1 aliphatic carbocycles. The van der Waals surface area contributed by atoms with Crippen LogP contribution in [0.3, 0.4) is 0 Å². The molecule has 1 fully saturated rings. The summed E-state index contributed by atoms with van der Waals surface area (Å²) in [6.45, 7) is 4.37. The van der Waals surface area contributed by atoms with E-state index in [4.69, 9.17) is 0 Å². The Bertz CT molecular complexity index is 714. The molecule has 3 rings (SSSR count). The van der Waals surface area contributed by atoms with E-state index in [0.717, 1.165) is 11.1 Å². The molecule has 1 saturated carbocycles. The summed E-state index contributed by atoms with van der Waals surface area (Å²) in [5.41, 5.74) is 4.55. The zero-order valence-electron chi connectivity index (χ0n) is 15.4. The maximum absolute atomic E-state index is 12.4. The largest absolute Gasteiger partial charge is 0.289 e. The molecule has 0 saturated heterocycles. The molecular formula is C24H28O. The first-order valence-corrected chi connectivity index (χ1v) is 9.56. The minimum Gasteiger partial charge on any atom is -0.289 e. The first-order chi connectivity index (χ1) is 12.1. The maximum atomic E-state index is 12.4. The van der Waals surface area contributed by atoms with Gasteiger partial charge in [-0.3, -0.25) is 4.79 Å². The van der Waals surface area contributed by atoms with Crippen LogP contribution in [0.2, 0.25) is 0 Å². The normalized spacial score (nSPS) is 15.8. The Morgan fingerprint density at radius 3 is 2.16 bits per heavy atom. The Balaban J connectivity index is 1.64. The van der Waals surface area contributed by atoms with E-state index in [1.54, 1.807) is 6.08 Å². The van der Waals surface area contributed by atoms with E-state index in [1.165, 1.54) is 43.2 Å². The van der Waals surface area contributed by atoms with E-state index >= 15 is 0 Å². The van der Waals surface area contributed by atoms with Gasteiger partial charge in [0, 0.05) is 5.56 Å². The number of hydrogen-bond donors (Lipinski definition) is 0. The fourth-order valence-corrected chi connectivity index (χ4v) is 3.62. The molecule has 130 valence electrons. The number of rotatable bonds is 5. The summed E-state index contributed by atoms with van der Waals surface area (Å²) in [7, 11) is 0. The molecular weight excluding hydrogens is 304 g/mol. The van der Waals surface area contributed by atoms with E-state index in [9.17, 15) is 4.79 Å². The first kappa shape index (κ1) is 17.7. The third-order valence-corrected chi connectivity index (χ3v) is 5.30. The number of benzene rings is 2. The lowest BCUT2D eigenvalue weighted by atomic mass is 9.84. The number of hydrogen-bond acceptors (Lipinski definition) is 1. The molecule has 0 spiro atoms. The van der Waals surface area contributed by atoms with Crippen molar-refractivity contribution in [2.75, 3.05) is 0 Å². The maximum Gasteiger partial charge on any atom is 0.185 e. The van der Waals surface area contributed by atoms with Crippen LogP contribution >= 0.6 is 0 Å². The highest BCUT2D eigenvalue weighted by molar-refractivity contribution is 6.06. The number of carbonyl (C=O) groups excluding carboxylic acids is 1. The fraction of sp³-hybridized carbons (Fsp3) is 0.375. The molecule has 0 bridgehead atoms. The second-order valence-electron chi connectivity index (χ2n) is 7.48. The van der Waals surface area contributed by atoms with Gasteiger partial charge in [0.15, 0.2) is 5.78 Å². The van der Waals surface area contributed by atoms with Crippen LogP contribution in [0.15, 0.2) is 54.6 Å². The van der Waals surface area contributed by atoms with Crippen molar-refractivity contribution in [3.8, 4) is 0 Å². The zero-order valence-corrected chi connectivity index (χ0v) is 15.4. The minimum atomic E-state index is 0.0723. The smallest absolute Gasteiger partial charge is 0.185 e. The van der Waals surface area contributed by atoms with Gasteiger partial charge in [0.2, 0.25) is 0 Å². The van der Waals surface area contributed by atoms with Crippen LogP contribution in [0.4, 0.5) is 0 Å². The van der Waals surface area contributed by atoms with Crippen molar-refractivity contribution in [1.82, 2.24) is 0 Å². The van der Waals surface area contributed by atoms with Gasteiger partial charge in [0.05, 0.1) is 0 Å². The fourth-order valence-electron chi connectivity index (χ4n) is 3.62. The van der Waals surface area contributed by atoms with Crippen LogP contribution < -0.4 is 0 Å². The molecule has 0 radical (unpaired) electrons. The summed E-state index contributed by atoms with van der Waals surface area (Å²) in [4.78, 5) is 12.4. The quantitative estimate of drug-likeness (QED) is 0.437. The van der Waals surface area contributed by atoms with Crippen LogP contribution in [0.5, 0.6) is 0 Å². The van der Waals surface area contributed by atoms with Crippen LogP contribution in [0.1, 0.15) is 84.8 Å². The second-order valence-corrected chi connectivity index (χ2v) is 7.48. The molecule has 25 heavy (non-hydrogen) atoms. The second kappa shape index (κ2) is 8.29. The van der Waals surface area contributed by atoms with E-state index in [-0.39, 0.29) is 5.78 Å². The van der Waals surface area contributed by atoms with Gasteiger partial charge < -0.3 is 0 Å². The molecule has 0 unspecified atom stereocenters. The van der Waals surface area contributed by atoms with Crippen molar-refractivity contribution in [2.45, 2.75) is 57.8 Å². The van der Waals surface area contributed by atoms with Crippen LogP contribution in [-0.4, -0.2) is 5.78 Å². The molecule has 0 amide bonds. The Kier molecular flexibility index (Phi) is 5.86. The van der Waals surface area contributed by atoms with Gasteiger partial charge in [-0.1, -0.05) is 87.7 Å². The average molecular weight is 332 g/mol. The van der Waals surface area contributed by atoms with Crippen molar-refractivity contribution in [3.63, 3.8) is 0 Å². The van der Waals surface area contributed by atoms with Gasteiger partial charge in [-0.15, -0.1) is 0 Å². The summed E-state index contributed by atoms with van der Waals surface area (Å²) in [6, 6.07) is 16.7. The van der Waals surface area contributed by atoms with Gasteiger partial charge in [0.25, 0.3) is 0 Å². The van der Waals surface area contributed by atoms with Crippen molar-refractivity contribution in [3.05, 3.63) is 76.9 Å². The van der Waals surface area contributed by atoms with Gasteiger partial charge in [0.1, 0.15) is 0 Å². The summed E-state index contributed by atoms with van der Waals surface area (Å²) < 4.78 is 0. The number of allylic oxidation sites excluding steroid dienone is 1. The number of ketones is 1. The molecule has 1 nitrogen and oxygen atoms in total. The number of carbonyl (C=O) groups is 1. The molecule has 0 atom stereocenters. The first-order valence-electron chi connectivity index (χ1n) is 9.56. The summed E-state index contributed by atoms with van der Waals surface area (Å²) >= 11 is 0. The van der Waals surface area contributed by atoms with E-state index in [1.807, 2.05) is 18.2 Å². The van der Waals surface area contributed by atoms with Crippen molar-refractivity contribution < 1.29 is 4.79 Å². The highest BCUT2D eigenvalue weighted by Gasteiger charge is 2.15. The molecule has 0 aromatic heterocycles. The Labute approximate surface area is 151 Å². The minimum absolute atomic E-state index is 0.0723. The molecule has 0 N–H and O–H groups in total. The molecule has 0 heterocycles. The lowest BCUT2D eigenvalue weighted by Crippen LogP contribution is -2.05. The Morgan fingerprint density at radius 2 is 1.56 bits per heavy atom. The summed E-state index contributed by atoms with van der Waals surface area (Å²) in [5, 5.41) is 0. The summed E-state index contributed by atoms with van der Waals surface area (Å²) in [5.74, 6) is 1.29. The highest BCUT2D eigenvalue weighted by Crippen LogP contribution is 2.32.